The lowest BCUT2D eigenvalue weighted by atomic mass is 10.2. The van der Waals surface area contributed by atoms with Gasteiger partial charge in [0.25, 0.3) is 5.91 Å². The lowest BCUT2D eigenvalue weighted by Gasteiger charge is -2.09. The SMILES string of the molecule is CCOc1ccc(C(=O)Nc2ccc(Nc3ccc(-n4ccc(C)n4)nn3)cc2)cc1. The van der Waals surface area contributed by atoms with Crippen molar-refractivity contribution in [2.24, 2.45) is 0 Å². The van der Waals surface area contributed by atoms with Crippen molar-refractivity contribution >= 4 is 23.1 Å². The number of nitrogens with one attached hydrogen (secondary N) is 2. The van der Waals surface area contributed by atoms with E-state index in [1.807, 2.05) is 62.5 Å². The van der Waals surface area contributed by atoms with Crippen molar-refractivity contribution < 1.29 is 9.53 Å². The fourth-order valence-corrected chi connectivity index (χ4v) is 2.91. The van der Waals surface area contributed by atoms with Crippen LogP contribution in [-0.2, 0) is 0 Å². The molecule has 0 spiro atoms. The summed E-state index contributed by atoms with van der Waals surface area (Å²) in [6, 6.07) is 20.0. The maximum Gasteiger partial charge on any atom is 0.255 e. The molecule has 8 heteroatoms. The van der Waals surface area contributed by atoms with E-state index < -0.39 is 0 Å². The Hall–Kier alpha value is -4.20. The van der Waals surface area contributed by atoms with Gasteiger partial charge in [-0.15, -0.1) is 10.2 Å². The molecule has 0 aliphatic rings. The summed E-state index contributed by atoms with van der Waals surface area (Å²) >= 11 is 0. The lowest BCUT2D eigenvalue weighted by Crippen LogP contribution is -2.11. The second kappa shape index (κ2) is 9.08. The molecule has 0 saturated carbocycles. The maximum absolute atomic E-state index is 12.4. The highest BCUT2D eigenvalue weighted by molar-refractivity contribution is 6.04. The average molecular weight is 414 g/mol. The van der Waals surface area contributed by atoms with E-state index in [4.69, 9.17) is 4.74 Å². The number of ether oxygens (including phenoxy) is 1. The smallest absolute Gasteiger partial charge is 0.255 e. The minimum atomic E-state index is -0.181. The summed E-state index contributed by atoms with van der Waals surface area (Å²) < 4.78 is 7.07. The van der Waals surface area contributed by atoms with Gasteiger partial charge in [0, 0.05) is 23.1 Å². The van der Waals surface area contributed by atoms with Crippen LogP contribution in [0.25, 0.3) is 5.82 Å². The highest BCUT2D eigenvalue weighted by atomic mass is 16.5. The topological polar surface area (TPSA) is 94.0 Å². The Bertz CT molecular complexity index is 1150. The van der Waals surface area contributed by atoms with Crippen LogP contribution in [0, 0.1) is 6.92 Å². The molecule has 2 N–H and O–H groups in total. The summed E-state index contributed by atoms with van der Waals surface area (Å²) in [6.07, 6.45) is 1.84. The number of hydrogen-bond acceptors (Lipinski definition) is 6. The van der Waals surface area contributed by atoms with Crippen LogP contribution in [0.4, 0.5) is 17.2 Å². The first-order valence-corrected chi connectivity index (χ1v) is 9.88. The quantitative estimate of drug-likeness (QED) is 0.467. The van der Waals surface area contributed by atoms with Crippen LogP contribution in [-0.4, -0.2) is 32.5 Å². The Balaban J connectivity index is 1.36. The highest BCUT2D eigenvalue weighted by Crippen LogP contribution is 2.19. The van der Waals surface area contributed by atoms with Crippen LogP contribution in [0.3, 0.4) is 0 Å². The van der Waals surface area contributed by atoms with Crippen molar-refractivity contribution in [1.29, 1.82) is 0 Å². The van der Waals surface area contributed by atoms with E-state index in [0.717, 1.165) is 17.1 Å². The number of hydrogen-bond donors (Lipinski definition) is 2. The number of carbonyl (C=O) groups excluding carboxylic acids is 1. The van der Waals surface area contributed by atoms with Crippen molar-refractivity contribution in [3.63, 3.8) is 0 Å². The normalized spacial score (nSPS) is 10.5. The molecule has 0 saturated heterocycles. The minimum absolute atomic E-state index is 0.181. The number of amides is 1. The van der Waals surface area contributed by atoms with Crippen molar-refractivity contribution in [3.05, 3.63) is 84.2 Å². The Morgan fingerprint density at radius 2 is 1.68 bits per heavy atom. The summed E-state index contributed by atoms with van der Waals surface area (Å²) in [5.41, 5.74) is 3.00. The highest BCUT2D eigenvalue weighted by Gasteiger charge is 2.07. The summed E-state index contributed by atoms with van der Waals surface area (Å²) in [6.45, 7) is 4.43. The van der Waals surface area contributed by atoms with Gasteiger partial charge < -0.3 is 15.4 Å². The van der Waals surface area contributed by atoms with Crippen molar-refractivity contribution in [2.75, 3.05) is 17.2 Å². The van der Waals surface area contributed by atoms with E-state index in [1.165, 1.54) is 0 Å². The Morgan fingerprint density at radius 1 is 0.935 bits per heavy atom. The molecule has 0 aliphatic carbocycles. The molecular weight excluding hydrogens is 392 g/mol. The summed E-state index contributed by atoms with van der Waals surface area (Å²) in [5, 5.41) is 18.8. The van der Waals surface area contributed by atoms with Gasteiger partial charge in [-0.25, -0.2) is 4.68 Å². The fraction of sp³-hybridized carbons (Fsp3) is 0.130. The van der Waals surface area contributed by atoms with E-state index in [2.05, 4.69) is 25.9 Å². The second-order valence-electron chi connectivity index (χ2n) is 6.79. The number of aromatic nitrogens is 4. The van der Waals surface area contributed by atoms with Crippen LogP contribution in [0.15, 0.2) is 72.9 Å². The largest absolute Gasteiger partial charge is 0.494 e. The van der Waals surface area contributed by atoms with Crippen molar-refractivity contribution in [1.82, 2.24) is 20.0 Å². The summed E-state index contributed by atoms with van der Waals surface area (Å²) in [7, 11) is 0. The van der Waals surface area contributed by atoms with Gasteiger partial charge in [-0.05, 0) is 80.6 Å². The molecule has 0 radical (unpaired) electrons. The number of aryl methyl sites for hydroxylation is 1. The number of carbonyl (C=O) groups is 1. The molecule has 156 valence electrons. The van der Waals surface area contributed by atoms with Crippen LogP contribution >= 0.6 is 0 Å². The van der Waals surface area contributed by atoms with Gasteiger partial charge in [0.15, 0.2) is 11.6 Å². The predicted octanol–water partition coefficient (Wildman–Crippen LogP) is 4.37. The van der Waals surface area contributed by atoms with Gasteiger partial charge in [-0.3, -0.25) is 4.79 Å². The first kappa shape index (κ1) is 20.1. The van der Waals surface area contributed by atoms with Crippen molar-refractivity contribution in [2.45, 2.75) is 13.8 Å². The zero-order chi connectivity index (χ0) is 21.6. The van der Waals surface area contributed by atoms with Crippen LogP contribution in [0.5, 0.6) is 5.75 Å². The molecule has 1 amide bonds. The number of anilines is 3. The molecule has 0 atom stereocenters. The molecular formula is C23H22N6O2. The summed E-state index contributed by atoms with van der Waals surface area (Å²) in [4.78, 5) is 12.4. The third-order valence-corrected chi connectivity index (χ3v) is 4.45. The number of rotatable bonds is 7. The molecule has 4 rings (SSSR count). The average Bonchev–Trinajstić information content (AvgIpc) is 3.23. The number of nitrogens with zero attached hydrogens (tertiary/aromatic N) is 4. The zero-order valence-corrected chi connectivity index (χ0v) is 17.2. The van der Waals surface area contributed by atoms with Crippen LogP contribution in [0.1, 0.15) is 23.0 Å². The molecule has 0 bridgehead atoms. The molecule has 0 unspecified atom stereocenters. The maximum atomic E-state index is 12.4. The van der Waals surface area contributed by atoms with E-state index in [9.17, 15) is 4.79 Å². The molecule has 2 aromatic heterocycles. The zero-order valence-electron chi connectivity index (χ0n) is 17.2. The van der Waals surface area contributed by atoms with Gasteiger partial charge in [0.1, 0.15) is 5.75 Å². The second-order valence-corrected chi connectivity index (χ2v) is 6.79. The van der Waals surface area contributed by atoms with Gasteiger partial charge in [-0.1, -0.05) is 0 Å². The van der Waals surface area contributed by atoms with Crippen LogP contribution in [0.2, 0.25) is 0 Å². The fourth-order valence-electron chi connectivity index (χ4n) is 2.91. The Labute approximate surface area is 179 Å². The van der Waals surface area contributed by atoms with Gasteiger partial charge in [-0.2, -0.15) is 5.10 Å². The Kier molecular flexibility index (Phi) is 5.89. The molecule has 4 aromatic rings. The third kappa shape index (κ3) is 5.05. The monoisotopic (exact) mass is 414 g/mol. The van der Waals surface area contributed by atoms with Gasteiger partial charge >= 0.3 is 0 Å². The first-order valence-electron chi connectivity index (χ1n) is 9.88. The molecule has 31 heavy (non-hydrogen) atoms. The van der Waals surface area contributed by atoms with Gasteiger partial charge in [0.2, 0.25) is 0 Å². The Morgan fingerprint density at radius 3 is 2.29 bits per heavy atom. The molecule has 8 nitrogen and oxygen atoms in total. The molecule has 0 fully saturated rings. The van der Waals surface area contributed by atoms with E-state index in [-0.39, 0.29) is 5.91 Å². The lowest BCUT2D eigenvalue weighted by molar-refractivity contribution is 0.102. The van der Waals surface area contributed by atoms with E-state index in [0.29, 0.717) is 29.5 Å². The van der Waals surface area contributed by atoms with E-state index >= 15 is 0 Å². The first-order chi connectivity index (χ1) is 15.1. The van der Waals surface area contributed by atoms with Gasteiger partial charge in [0.05, 0.1) is 12.3 Å². The molecule has 2 heterocycles. The summed E-state index contributed by atoms with van der Waals surface area (Å²) in [5.74, 6) is 1.81. The van der Waals surface area contributed by atoms with Crippen molar-refractivity contribution in [3.8, 4) is 11.6 Å². The number of benzene rings is 2. The standard InChI is InChI=1S/C23H22N6O2/c1-3-31-20-10-4-17(5-11-20)23(30)25-19-8-6-18(7-9-19)24-21-12-13-22(27-26-21)29-15-14-16(2)28-29/h4-15H,3H2,1-2H3,(H,24,26)(H,25,30). The minimum Gasteiger partial charge on any atom is -0.494 e. The predicted molar refractivity (Wildman–Crippen MR) is 119 cm³/mol. The molecule has 0 aliphatic heterocycles. The van der Waals surface area contributed by atoms with E-state index in [1.54, 1.807) is 28.9 Å². The third-order valence-electron chi connectivity index (χ3n) is 4.45. The molecule has 2 aromatic carbocycles. The van der Waals surface area contributed by atoms with Crippen LogP contribution < -0.4 is 15.4 Å².